The topological polar surface area (TPSA) is 101 Å². The standard InChI is InChI=1S/C19H20N4O4S/c1-4-23-19(25)16-8-6-5-7-15(16)17(21-23)18(24)20-13-9-11-14(12-10-13)28(26,27)22(2)3/h5-12H,4H2,1-3H3,(H,20,24). The highest BCUT2D eigenvalue weighted by atomic mass is 32.2. The van der Waals surface area contributed by atoms with Gasteiger partial charge in [0.05, 0.1) is 10.3 Å². The maximum absolute atomic E-state index is 12.8. The summed E-state index contributed by atoms with van der Waals surface area (Å²) in [5.41, 5.74) is 0.290. The van der Waals surface area contributed by atoms with E-state index in [4.69, 9.17) is 0 Å². The first kappa shape index (κ1) is 19.7. The molecule has 146 valence electrons. The van der Waals surface area contributed by atoms with Gasteiger partial charge in [0.1, 0.15) is 0 Å². The Kier molecular flexibility index (Phi) is 5.30. The van der Waals surface area contributed by atoms with Gasteiger partial charge in [-0.3, -0.25) is 9.59 Å². The second-order valence-electron chi connectivity index (χ2n) is 6.28. The van der Waals surface area contributed by atoms with Crippen LogP contribution in [-0.2, 0) is 16.6 Å². The second-order valence-corrected chi connectivity index (χ2v) is 8.43. The third-order valence-electron chi connectivity index (χ3n) is 4.27. The maximum Gasteiger partial charge on any atom is 0.276 e. The first-order chi connectivity index (χ1) is 13.3. The Morgan fingerprint density at radius 2 is 1.68 bits per heavy atom. The number of aryl methyl sites for hydroxylation is 1. The summed E-state index contributed by atoms with van der Waals surface area (Å²) in [7, 11) is -0.649. The number of sulfonamides is 1. The summed E-state index contributed by atoms with van der Waals surface area (Å²) in [6.45, 7) is 2.11. The lowest BCUT2D eigenvalue weighted by atomic mass is 10.1. The summed E-state index contributed by atoms with van der Waals surface area (Å²) in [6, 6.07) is 12.6. The Morgan fingerprint density at radius 1 is 1.07 bits per heavy atom. The smallest absolute Gasteiger partial charge is 0.276 e. The van der Waals surface area contributed by atoms with Crippen LogP contribution in [0.2, 0.25) is 0 Å². The highest BCUT2D eigenvalue weighted by molar-refractivity contribution is 7.89. The Balaban J connectivity index is 1.96. The van der Waals surface area contributed by atoms with E-state index in [0.29, 0.717) is 23.0 Å². The molecular formula is C19H20N4O4S. The van der Waals surface area contributed by atoms with E-state index in [-0.39, 0.29) is 16.1 Å². The summed E-state index contributed by atoms with van der Waals surface area (Å²) in [5.74, 6) is -0.485. The van der Waals surface area contributed by atoms with Crippen molar-refractivity contribution in [2.24, 2.45) is 0 Å². The molecule has 9 heteroatoms. The number of hydrogen-bond acceptors (Lipinski definition) is 5. The van der Waals surface area contributed by atoms with Gasteiger partial charge in [0.25, 0.3) is 11.5 Å². The van der Waals surface area contributed by atoms with E-state index in [1.807, 2.05) is 0 Å². The molecule has 2 aromatic carbocycles. The van der Waals surface area contributed by atoms with E-state index in [0.717, 1.165) is 4.31 Å². The van der Waals surface area contributed by atoms with Gasteiger partial charge in [-0.1, -0.05) is 18.2 Å². The fraction of sp³-hybridized carbons (Fsp3) is 0.211. The van der Waals surface area contributed by atoms with Crippen LogP contribution >= 0.6 is 0 Å². The summed E-state index contributed by atoms with van der Waals surface area (Å²) in [6.07, 6.45) is 0. The van der Waals surface area contributed by atoms with Crippen molar-refractivity contribution in [1.29, 1.82) is 0 Å². The molecule has 0 fully saturated rings. The second kappa shape index (κ2) is 7.53. The predicted octanol–water partition coefficient (Wildman–Crippen LogP) is 1.92. The Hall–Kier alpha value is -3.04. The van der Waals surface area contributed by atoms with Crippen molar-refractivity contribution in [2.45, 2.75) is 18.4 Å². The zero-order valence-corrected chi connectivity index (χ0v) is 16.5. The van der Waals surface area contributed by atoms with Crippen LogP contribution in [0.3, 0.4) is 0 Å². The number of fused-ring (bicyclic) bond motifs is 1. The Morgan fingerprint density at radius 3 is 2.25 bits per heavy atom. The molecule has 0 aliphatic rings. The minimum absolute atomic E-state index is 0.124. The van der Waals surface area contributed by atoms with Crippen LogP contribution in [0.1, 0.15) is 17.4 Å². The molecule has 0 saturated carbocycles. The van der Waals surface area contributed by atoms with Crippen LogP contribution in [-0.4, -0.2) is 42.5 Å². The lowest BCUT2D eigenvalue weighted by Gasteiger charge is -2.12. The van der Waals surface area contributed by atoms with Gasteiger partial charge in [0.15, 0.2) is 5.69 Å². The first-order valence-corrected chi connectivity index (χ1v) is 10.0. The molecule has 0 radical (unpaired) electrons. The molecule has 0 saturated heterocycles. The number of hydrogen-bond donors (Lipinski definition) is 1. The molecule has 0 aliphatic carbocycles. The van der Waals surface area contributed by atoms with Crippen molar-refractivity contribution in [2.75, 3.05) is 19.4 Å². The predicted molar refractivity (Wildman–Crippen MR) is 107 cm³/mol. The van der Waals surface area contributed by atoms with E-state index in [2.05, 4.69) is 10.4 Å². The summed E-state index contributed by atoms with van der Waals surface area (Å²) >= 11 is 0. The van der Waals surface area contributed by atoms with E-state index < -0.39 is 15.9 Å². The molecule has 0 unspecified atom stereocenters. The number of carbonyl (C=O) groups excluding carboxylic acids is 1. The van der Waals surface area contributed by atoms with Crippen LogP contribution in [0.25, 0.3) is 10.8 Å². The lowest BCUT2D eigenvalue weighted by Crippen LogP contribution is -2.27. The van der Waals surface area contributed by atoms with Crippen molar-refractivity contribution in [3.8, 4) is 0 Å². The largest absolute Gasteiger partial charge is 0.321 e. The van der Waals surface area contributed by atoms with Gasteiger partial charge in [-0.2, -0.15) is 5.10 Å². The average Bonchev–Trinajstić information content (AvgIpc) is 2.68. The van der Waals surface area contributed by atoms with Crippen molar-refractivity contribution in [3.05, 3.63) is 64.6 Å². The lowest BCUT2D eigenvalue weighted by molar-refractivity contribution is 0.102. The quantitative estimate of drug-likeness (QED) is 0.705. The van der Waals surface area contributed by atoms with Crippen LogP contribution in [0.15, 0.2) is 58.2 Å². The fourth-order valence-corrected chi connectivity index (χ4v) is 3.63. The minimum Gasteiger partial charge on any atom is -0.321 e. The normalized spacial score (nSPS) is 11.7. The molecule has 0 spiro atoms. The Labute approximate surface area is 162 Å². The molecule has 1 amide bonds. The van der Waals surface area contributed by atoms with E-state index in [1.165, 1.54) is 43.0 Å². The van der Waals surface area contributed by atoms with Crippen LogP contribution < -0.4 is 10.9 Å². The molecule has 3 rings (SSSR count). The van der Waals surface area contributed by atoms with Gasteiger partial charge in [-0.05, 0) is 37.3 Å². The SMILES string of the molecule is CCn1nc(C(=O)Nc2ccc(S(=O)(=O)N(C)C)cc2)c2ccccc2c1=O. The number of carbonyl (C=O) groups is 1. The highest BCUT2D eigenvalue weighted by Crippen LogP contribution is 2.19. The molecule has 0 bridgehead atoms. The number of rotatable bonds is 5. The first-order valence-electron chi connectivity index (χ1n) is 8.59. The molecule has 0 atom stereocenters. The number of anilines is 1. The summed E-state index contributed by atoms with van der Waals surface area (Å²) in [5, 5.41) is 7.76. The fourth-order valence-electron chi connectivity index (χ4n) is 2.73. The molecular weight excluding hydrogens is 380 g/mol. The van der Waals surface area contributed by atoms with Gasteiger partial charge >= 0.3 is 0 Å². The number of aromatic nitrogens is 2. The minimum atomic E-state index is -3.55. The van der Waals surface area contributed by atoms with Crippen molar-refractivity contribution >= 4 is 32.4 Å². The average molecular weight is 400 g/mol. The summed E-state index contributed by atoms with van der Waals surface area (Å²) < 4.78 is 26.6. The third-order valence-corrected chi connectivity index (χ3v) is 6.10. The number of nitrogens with zero attached hydrogens (tertiary/aromatic N) is 3. The van der Waals surface area contributed by atoms with Crippen LogP contribution in [0.4, 0.5) is 5.69 Å². The van der Waals surface area contributed by atoms with Crippen LogP contribution in [0, 0.1) is 0 Å². The van der Waals surface area contributed by atoms with Crippen molar-refractivity contribution in [3.63, 3.8) is 0 Å². The van der Waals surface area contributed by atoms with Gasteiger partial charge in [0, 0.05) is 31.7 Å². The Bertz CT molecular complexity index is 1200. The van der Waals surface area contributed by atoms with Crippen molar-refractivity contribution in [1.82, 2.24) is 14.1 Å². The van der Waals surface area contributed by atoms with E-state index in [1.54, 1.807) is 31.2 Å². The summed E-state index contributed by atoms with van der Waals surface area (Å²) in [4.78, 5) is 25.3. The number of nitrogens with one attached hydrogen (secondary N) is 1. The molecule has 8 nitrogen and oxygen atoms in total. The molecule has 3 aromatic rings. The molecule has 1 N–H and O–H groups in total. The van der Waals surface area contributed by atoms with Gasteiger partial charge < -0.3 is 5.32 Å². The number of benzene rings is 2. The molecule has 28 heavy (non-hydrogen) atoms. The van der Waals surface area contributed by atoms with Gasteiger partial charge in [-0.15, -0.1) is 0 Å². The maximum atomic E-state index is 12.8. The monoisotopic (exact) mass is 400 g/mol. The van der Waals surface area contributed by atoms with E-state index in [9.17, 15) is 18.0 Å². The highest BCUT2D eigenvalue weighted by Gasteiger charge is 2.18. The zero-order chi connectivity index (χ0) is 20.5. The molecule has 1 heterocycles. The van der Waals surface area contributed by atoms with Gasteiger partial charge in [0.2, 0.25) is 10.0 Å². The zero-order valence-electron chi connectivity index (χ0n) is 15.7. The molecule has 1 aromatic heterocycles. The van der Waals surface area contributed by atoms with Crippen LogP contribution in [0.5, 0.6) is 0 Å². The van der Waals surface area contributed by atoms with Crippen molar-refractivity contribution < 1.29 is 13.2 Å². The third kappa shape index (κ3) is 3.54. The van der Waals surface area contributed by atoms with E-state index >= 15 is 0 Å². The number of amides is 1. The molecule has 0 aliphatic heterocycles. The van der Waals surface area contributed by atoms with Gasteiger partial charge in [-0.25, -0.2) is 17.4 Å².